The van der Waals surface area contributed by atoms with Gasteiger partial charge in [0.15, 0.2) is 12.5 Å². The van der Waals surface area contributed by atoms with Crippen LogP contribution in [0.1, 0.15) is 84.9 Å². The van der Waals surface area contributed by atoms with Crippen molar-refractivity contribution >= 4 is 28.6 Å². The van der Waals surface area contributed by atoms with E-state index in [2.05, 4.69) is 23.8 Å². The number of amides is 3. The van der Waals surface area contributed by atoms with Gasteiger partial charge in [0.1, 0.15) is 23.8 Å². The average Bonchev–Trinajstić information content (AvgIpc) is 3.69. The van der Waals surface area contributed by atoms with Gasteiger partial charge in [-0.05, 0) is 74.8 Å². The molecule has 3 N–H and O–H groups in total. The molecule has 2 atom stereocenters. The number of carbonyl (C=O) groups excluding carboxylic acids is 3. The molecule has 13 heteroatoms. The fraction of sp³-hybridized carbons (Fsp3) is 0.390. The van der Waals surface area contributed by atoms with Crippen molar-refractivity contribution in [1.82, 2.24) is 25.1 Å². The van der Waals surface area contributed by atoms with E-state index in [1.54, 1.807) is 24.5 Å². The third kappa shape index (κ3) is 6.50. The number of nitrogens with one attached hydrogen (secondary N) is 2. The smallest absolute Gasteiger partial charge is 0.258 e. The molecule has 2 aromatic heterocycles. The number of ether oxygens (including phenoxy) is 2. The summed E-state index contributed by atoms with van der Waals surface area (Å²) < 4.78 is 28.1. The summed E-state index contributed by atoms with van der Waals surface area (Å²) >= 11 is 0. The fourth-order valence-electron chi connectivity index (χ4n) is 7.99. The first-order valence-corrected chi connectivity index (χ1v) is 18.4. The number of aryl methyl sites for hydroxylation is 1. The highest BCUT2D eigenvalue weighted by Gasteiger charge is 2.42. The normalized spacial score (nSPS) is 19.6. The Morgan fingerprint density at radius 1 is 1.15 bits per heavy atom. The number of unbranched alkanes of at least 4 members (excludes halogenated alkanes) is 3. The van der Waals surface area contributed by atoms with Crippen LogP contribution in [0.4, 0.5) is 4.39 Å². The molecule has 0 unspecified atom stereocenters. The lowest BCUT2D eigenvalue weighted by molar-refractivity contribution is -0.136. The van der Waals surface area contributed by atoms with Gasteiger partial charge < -0.3 is 29.8 Å². The molecule has 1 aromatic carbocycles. The van der Waals surface area contributed by atoms with Crippen molar-refractivity contribution in [2.24, 2.45) is 0 Å². The van der Waals surface area contributed by atoms with Crippen LogP contribution in [-0.2, 0) is 49.0 Å². The molecule has 3 aromatic rings. The van der Waals surface area contributed by atoms with Gasteiger partial charge in [0.25, 0.3) is 23.3 Å². The molecule has 0 spiro atoms. The molecular weight excluding hydrogens is 693 g/mol. The molecule has 12 nitrogen and oxygen atoms in total. The molecule has 4 aliphatic rings. The molecule has 5 heterocycles. The number of rotatable bonds is 14. The Labute approximate surface area is 312 Å². The summed E-state index contributed by atoms with van der Waals surface area (Å²) in [4.78, 5) is 56.7. The van der Waals surface area contributed by atoms with Crippen molar-refractivity contribution < 1.29 is 33.4 Å². The molecule has 54 heavy (non-hydrogen) atoms. The molecule has 0 fully saturated rings. The van der Waals surface area contributed by atoms with Crippen LogP contribution in [0.2, 0.25) is 0 Å². The van der Waals surface area contributed by atoms with Gasteiger partial charge in [0.05, 0.1) is 35.1 Å². The molecular formula is C41H44FN5O7. The van der Waals surface area contributed by atoms with E-state index in [1.165, 1.54) is 23.1 Å². The van der Waals surface area contributed by atoms with E-state index in [0.29, 0.717) is 59.5 Å². The number of carbonyl (C=O) groups is 3. The van der Waals surface area contributed by atoms with E-state index >= 15 is 4.39 Å². The van der Waals surface area contributed by atoms with Crippen LogP contribution in [0, 0.1) is 12.7 Å². The van der Waals surface area contributed by atoms with E-state index < -0.39 is 11.6 Å². The van der Waals surface area contributed by atoms with Gasteiger partial charge >= 0.3 is 0 Å². The first kappa shape index (κ1) is 36.8. The summed E-state index contributed by atoms with van der Waals surface area (Å²) in [7, 11) is 0. The number of benzene rings is 1. The summed E-state index contributed by atoms with van der Waals surface area (Å²) in [5, 5.41) is 18.5. The minimum Gasteiger partial charge on any atom is -0.490 e. The van der Waals surface area contributed by atoms with Crippen molar-refractivity contribution in [2.75, 3.05) is 19.7 Å². The molecule has 282 valence electrons. The second-order valence-electron chi connectivity index (χ2n) is 14.2. The van der Waals surface area contributed by atoms with Gasteiger partial charge in [0.2, 0.25) is 0 Å². The average molecular weight is 738 g/mol. The molecule has 3 aliphatic heterocycles. The summed E-state index contributed by atoms with van der Waals surface area (Å²) in [6, 6.07) is 2.73. The second-order valence-corrected chi connectivity index (χ2v) is 14.2. The number of hydrogen-bond donors (Lipinski definition) is 3. The topological polar surface area (TPSA) is 152 Å². The number of pyridine rings is 2. The zero-order valence-corrected chi connectivity index (χ0v) is 30.6. The van der Waals surface area contributed by atoms with E-state index in [-0.39, 0.29) is 66.9 Å². The second kappa shape index (κ2) is 14.7. The summed E-state index contributed by atoms with van der Waals surface area (Å²) in [6.45, 7) is 12.1. The largest absolute Gasteiger partial charge is 0.490 e. The predicted molar refractivity (Wildman–Crippen MR) is 199 cm³/mol. The van der Waals surface area contributed by atoms with E-state index in [1.807, 2.05) is 12.2 Å². The summed E-state index contributed by atoms with van der Waals surface area (Å²) in [6.07, 6.45) is 11.3. The Kier molecular flexibility index (Phi) is 10.0. The molecule has 1 aliphatic carbocycles. The van der Waals surface area contributed by atoms with Crippen LogP contribution in [0.25, 0.3) is 22.3 Å². The number of halogens is 1. The van der Waals surface area contributed by atoms with Gasteiger partial charge in [-0.15, -0.1) is 0 Å². The lowest BCUT2D eigenvalue weighted by Crippen LogP contribution is -2.38. The summed E-state index contributed by atoms with van der Waals surface area (Å²) in [5.74, 6) is -0.815. The summed E-state index contributed by atoms with van der Waals surface area (Å²) in [5.41, 5.74) is 3.35. The van der Waals surface area contributed by atoms with Crippen LogP contribution in [0.15, 0.2) is 66.0 Å². The van der Waals surface area contributed by atoms with E-state index in [9.17, 15) is 24.3 Å². The zero-order valence-electron chi connectivity index (χ0n) is 30.6. The van der Waals surface area contributed by atoms with Gasteiger partial charge in [-0.25, -0.2) is 9.37 Å². The van der Waals surface area contributed by atoms with Crippen molar-refractivity contribution in [1.29, 1.82) is 0 Å². The van der Waals surface area contributed by atoms with Crippen molar-refractivity contribution in [2.45, 2.75) is 83.6 Å². The molecule has 0 saturated heterocycles. The van der Waals surface area contributed by atoms with Crippen LogP contribution >= 0.6 is 0 Å². The molecule has 0 radical (unpaired) electrons. The third-order valence-corrected chi connectivity index (χ3v) is 11.0. The van der Waals surface area contributed by atoms with Gasteiger partial charge in [-0.1, -0.05) is 32.1 Å². The van der Waals surface area contributed by atoms with Crippen LogP contribution in [0.5, 0.6) is 0 Å². The molecule has 0 saturated carbocycles. The van der Waals surface area contributed by atoms with Crippen molar-refractivity contribution in [3.05, 3.63) is 111 Å². The molecule has 3 amide bonds. The van der Waals surface area contributed by atoms with Gasteiger partial charge in [-0.2, -0.15) is 0 Å². The Hall–Kier alpha value is -5.56. The van der Waals surface area contributed by atoms with Gasteiger partial charge in [-0.3, -0.25) is 24.1 Å². The maximum atomic E-state index is 15.2. The Morgan fingerprint density at radius 2 is 1.93 bits per heavy atom. The van der Waals surface area contributed by atoms with Crippen molar-refractivity contribution in [3.63, 3.8) is 0 Å². The zero-order chi connectivity index (χ0) is 38.3. The highest BCUT2D eigenvalue weighted by Crippen LogP contribution is 2.46. The quantitative estimate of drug-likeness (QED) is 0.0722. The minimum atomic E-state index is -1.54. The lowest BCUT2D eigenvalue weighted by Gasteiger charge is -2.35. The first-order valence-electron chi connectivity index (χ1n) is 18.4. The standard InChI is InChI=1S/C41H44FN5O7/c1-5-41(52)24(3)53-21-28-29(41)18-33-39-27(20-47(33)40(28)51)38-31(13-12-26-23(2)30(42)19-32(45-39)37(26)38)44-34(48)22-54-25(4)43-16-10-8-6-7-9-11-17-46-35(49)14-15-36(46)50/h8,10,14-15,18-19,31,43,52H,3-7,9,11-13,16-17,20-22H2,1-2H3,(H,44,48)/t31-,41+/m0/s1. The molecule has 0 bridgehead atoms. The lowest BCUT2D eigenvalue weighted by atomic mass is 9.81. The fourth-order valence-corrected chi connectivity index (χ4v) is 7.99. The van der Waals surface area contributed by atoms with E-state index in [0.717, 1.165) is 47.8 Å². The Balaban J connectivity index is 1.01. The highest BCUT2D eigenvalue weighted by atomic mass is 19.1. The number of aromatic nitrogens is 2. The van der Waals surface area contributed by atoms with Crippen molar-refractivity contribution in [3.8, 4) is 11.4 Å². The SMILES string of the molecule is C=C(NCC=CCCCCCN1C(=O)C=CC1=O)OCC(=O)N[C@H]1CCc2c(C)c(F)cc3nc4c(c1c23)Cn1c-4cc2c(c1=O)COC(=C)[C@]2(O)CC. The highest BCUT2D eigenvalue weighted by molar-refractivity contribution is 6.12. The predicted octanol–water partition coefficient (Wildman–Crippen LogP) is 4.74. The maximum Gasteiger partial charge on any atom is 0.258 e. The number of aliphatic hydroxyl groups is 1. The van der Waals surface area contributed by atoms with E-state index in [4.69, 9.17) is 14.5 Å². The van der Waals surface area contributed by atoms with Gasteiger partial charge in [0, 0.05) is 47.8 Å². The number of nitrogens with zero attached hydrogens (tertiary/aromatic N) is 3. The van der Waals surface area contributed by atoms with Crippen LogP contribution in [0.3, 0.4) is 0 Å². The third-order valence-electron chi connectivity index (χ3n) is 11.0. The maximum absolute atomic E-state index is 15.2. The first-order chi connectivity index (χ1) is 25.9. The number of allylic oxidation sites excluding steroid dienone is 1. The number of fused-ring (bicyclic) bond motifs is 5. The monoisotopic (exact) mass is 737 g/mol. The number of imide groups is 1. The Bertz CT molecular complexity index is 2220. The van der Waals surface area contributed by atoms with Crippen LogP contribution < -0.4 is 16.2 Å². The molecule has 7 rings (SSSR count). The number of hydrogen-bond acceptors (Lipinski definition) is 9. The Morgan fingerprint density at radius 3 is 2.69 bits per heavy atom. The van der Waals surface area contributed by atoms with Crippen LogP contribution in [-0.4, -0.2) is 57.0 Å². The minimum absolute atomic E-state index is 0.00895.